The maximum Gasteiger partial charge on any atom is 0.273 e. The van der Waals surface area contributed by atoms with Crippen LogP contribution in [0.2, 0.25) is 0 Å². The van der Waals surface area contributed by atoms with E-state index in [9.17, 15) is 14.4 Å². The van der Waals surface area contributed by atoms with E-state index in [0.29, 0.717) is 17.1 Å². The second-order valence-corrected chi connectivity index (χ2v) is 4.68. The Kier molecular flexibility index (Phi) is 4.26. The van der Waals surface area contributed by atoms with Gasteiger partial charge >= 0.3 is 0 Å². The molecule has 0 atom stereocenters. The van der Waals surface area contributed by atoms with E-state index < -0.39 is 17.7 Å². The van der Waals surface area contributed by atoms with Crippen molar-refractivity contribution < 1.29 is 18.8 Å². The number of nitrogens with one attached hydrogen (secondary N) is 2. The van der Waals surface area contributed by atoms with Gasteiger partial charge in [0.15, 0.2) is 0 Å². The first-order chi connectivity index (χ1) is 10.4. The maximum atomic E-state index is 11.9. The average Bonchev–Trinajstić information content (AvgIpc) is 2.83. The van der Waals surface area contributed by atoms with Gasteiger partial charge in [-0.05, 0) is 38.1 Å². The molecule has 0 unspecified atom stereocenters. The molecule has 2 rings (SSSR count). The first-order valence-electron chi connectivity index (χ1n) is 6.46. The lowest BCUT2D eigenvalue weighted by atomic mass is 10.1. The van der Waals surface area contributed by atoms with Crippen molar-refractivity contribution in [3.63, 3.8) is 0 Å². The largest absolute Gasteiger partial charge is 0.466 e. The van der Waals surface area contributed by atoms with Crippen LogP contribution in [0.3, 0.4) is 0 Å². The number of carbonyl (C=O) groups is 3. The van der Waals surface area contributed by atoms with E-state index >= 15 is 0 Å². The summed E-state index contributed by atoms with van der Waals surface area (Å²) in [4.78, 5) is 35.0. The van der Waals surface area contributed by atoms with Crippen molar-refractivity contribution in [3.8, 4) is 0 Å². The predicted octanol–water partition coefficient (Wildman–Crippen LogP) is 1.07. The van der Waals surface area contributed by atoms with Gasteiger partial charge in [0.2, 0.25) is 5.91 Å². The number of benzene rings is 1. The molecule has 0 fully saturated rings. The number of carbonyl (C=O) groups excluding carboxylic acids is 3. The highest BCUT2D eigenvalue weighted by Crippen LogP contribution is 2.13. The van der Waals surface area contributed by atoms with E-state index in [1.54, 1.807) is 19.9 Å². The van der Waals surface area contributed by atoms with Crippen molar-refractivity contribution >= 4 is 17.7 Å². The van der Waals surface area contributed by atoms with Gasteiger partial charge in [-0.15, -0.1) is 0 Å². The Morgan fingerprint density at radius 3 is 2.23 bits per heavy atom. The van der Waals surface area contributed by atoms with E-state index in [2.05, 4.69) is 10.9 Å². The Morgan fingerprint density at radius 2 is 1.64 bits per heavy atom. The standard InChI is InChI=1S/C15H15N3O4/c1-8-6-12(9(2)22-8)15(21)18-17-14(20)11-5-3-4-10(7-11)13(16)19/h3-7H,1-2H3,(H2,16,19)(H,17,20)(H,18,21). The third-order valence-corrected chi connectivity index (χ3v) is 2.98. The smallest absolute Gasteiger partial charge is 0.273 e. The fourth-order valence-electron chi connectivity index (χ4n) is 1.92. The Balaban J connectivity index is 2.04. The highest BCUT2D eigenvalue weighted by atomic mass is 16.3. The summed E-state index contributed by atoms with van der Waals surface area (Å²) < 4.78 is 5.24. The van der Waals surface area contributed by atoms with Gasteiger partial charge in [0, 0.05) is 11.1 Å². The molecule has 0 aliphatic heterocycles. The number of aryl methyl sites for hydroxylation is 2. The van der Waals surface area contributed by atoms with E-state index in [-0.39, 0.29) is 11.1 Å². The molecular formula is C15H15N3O4. The summed E-state index contributed by atoms with van der Waals surface area (Å²) in [6, 6.07) is 7.44. The summed E-state index contributed by atoms with van der Waals surface area (Å²) in [5.41, 5.74) is 10.5. The molecule has 0 bridgehead atoms. The zero-order valence-electron chi connectivity index (χ0n) is 12.1. The second kappa shape index (κ2) is 6.13. The minimum absolute atomic E-state index is 0.205. The number of furan rings is 1. The highest BCUT2D eigenvalue weighted by molar-refractivity contribution is 6.01. The molecule has 1 aromatic heterocycles. The van der Waals surface area contributed by atoms with Crippen LogP contribution in [-0.4, -0.2) is 17.7 Å². The molecule has 7 nitrogen and oxygen atoms in total. The third kappa shape index (κ3) is 3.32. The van der Waals surface area contributed by atoms with Gasteiger partial charge in [-0.2, -0.15) is 0 Å². The molecule has 114 valence electrons. The monoisotopic (exact) mass is 301 g/mol. The summed E-state index contributed by atoms with van der Waals surface area (Å²) in [7, 11) is 0. The van der Waals surface area contributed by atoms with E-state index in [1.165, 1.54) is 24.3 Å². The summed E-state index contributed by atoms with van der Waals surface area (Å²) in [5.74, 6) is -0.630. The Labute approximate surface area is 126 Å². The van der Waals surface area contributed by atoms with Gasteiger partial charge in [-0.25, -0.2) is 0 Å². The Hall–Kier alpha value is -3.09. The Bertz CT molecular complexity index is 749. The number of hydrazine groups is 1. The van der Waals surface area contributed by atoms with E-state index in [1.807, 2.05) is 0 Å². The number of hydrogen-bond donors (Lipinski definition) is 3. The topological polar surface area (TPSA) is 114 Å². The van der Waals surface area contributed by atoms with E-state index in [4.69, 9.17) is 10.2 Å². The molecule has 0 saturated carbocycles. The van der Waals surface area contributed by atoms with Crippen LogP contribution in [0.25, 0.3) is 0 Å². The summed E-state index contributed by atoms with van der Waals surface area (Å²) in [6.45, 7) is 3.37. The fraction of sp³-hybridized carbons (Fsp3) is 0.133. The molecular weight excluding hydrogens is 286 g/mol. The van der Waals surface area contributed by atoms with Crippen LogP contribution in [0.5, 0.6) is 0 Å². The number of rotatable bonds is 3. The van der Waals surface area contributed by atoms with Gasteiger partial charge in [0.1, 0.15) is 11.5 Å². The van der Waals surface area contributed by atoms with Gasteiger partial charge < -0.3 is 10.2 Å². The quantitative estimate of drug-likeness (QED) is 0.735. The highest BCUT2D eigenvalue weighted by Gasteiger charge is 2.15. The number of amides is 3. The lowest BCUT2D eigenvalue weighted by molar-refractivity contribution is 0.0845. The molecule has 1 heterocycles. The molecule has 0 aliphatic carbocycles. The van der Waals surface area contributed by atoms with Gasteiger partial charge in [0.25, 0.3) is 11.8 Å². The fourth-order valence-corrected chi connectivity index (χ4v) is 1.92. The summed E-state index contributed by atoms with van der Waals surface area (Å²) >= 11 is 0. The van der Waals surface area contributed by atoms with Crippen LogP contribution < -0.4 is 16.6 Å². The average molecular weight is 301 g/mol. The predicted molar refractivity (Wildman–Crippen MR) is 78.1 cm³/mol. The first-order valence-corrected chi connectivity index (χ1v) is 6.46. The van der Waals surface area contributed by atoms with Crippen LogP contribution in [0.4, 0.5) is 0 Å². The van der Waals surface area contributed by atoms with Crippen molar-refractivity contribution in [2.45, 2.75) is 13.8 Å². The molecule has 0 radical (unpaired) electrons. The van der Waals surface area contributed by atoms with E-state index in [0.717, 1.165) is 0 Å². The van der Waals surface area contributed by atoms with Crippen LogP contribution in [0, 0.1) is 13.8 Å². The minimum atomic E-state index is -0.636. The van der Waals surface area contributed by atoms with Crippen LogP contribution in [0.1, 0.15) is 42.6 Å². The SMILES string of the molecule is Cc1cc(C(=O)NNC(=O)c2cccc(C(N)=O)c2)c(C)o1. The Morgan fingerprint density at radius 1 is 1.00 bits per heavy atom. The summed E-state index contributed by atoms with van der Waals surface area (Å²) in [6.07, 6.45) is 0. The van der Waals surface area contributed by atoms with Crippen LogP contribution >= 0.6 is 0 Å². The van der Waals surface area contributed by atoms with Crippen LogP contribution in [0.15, 0.2) is 34.7 Å². The van der Waals surface area contributed by atoms with Crippen LogP contribution in [-0.2, 0) is 0 Å². The number of primary amides is 1. The number of nitrogens with two attached hydrogens (primary N) is 1. The van der Waals surface area contributed by atoms with Gasteiger partial charge in [-0.1, -0.05) is 6.07 Å². The van der Waals surface area contributed by atoms with Crippen molar-refractivity contribution in [1.29, 1.82) is 0 Å². The number of hydrogen-bond acceptors (Lipinski definition) is 4. The minimum Gasteiger partial charge on any atom is -0.466 e. The molecule has 4 N–H and O–H groups in total. The second-order valence-electron chi connectivity index (χ2n) is 4.68. The summed E-state index contributed by atoms with van der Waals surface area (Å²) in [5, 5.41) is 0. The first kappa shape index (κ1) is 15.3. The lowest BCUT2D eigenvalue weighted by Gasteiger charge is -2.07. The molecule has 2 aromatic rings. The molecule has 0 aliphatic rings. The lowest BCUT2D eigenvalue weighted by Crippen LogP contribution is -2.41. The molecule has 0 saturated heterocycles. The molecule has 7 heteroatoms. The molecule has 22 heavy (non-hydrogen) atoms. The van der Waals surface area contributed by atoms with Crippen molar-refractivity contribution in [3.05, 3.63) is 58.5 Å². The zero-order chi connectivity index (χ0) is 16.3. The van der Waals surface area contributed by atoms with Gasteiger partial charge in [0.05, 0.1) is 5.56 Å². The van der Waals surface area contributed by atoms with Crippen molar-refractivity contribution in [2.24, 2.45) is 5.73 Å². The molecule has 1 aromatic carbocycles. The third-order valence-electron chi connectivity index (χ3n) is 2.98. The van der Waals surface area contributed by atoms with Crippen molar-refractivity contribution in [2.75, 3.05) is 0 Å². The maximum absolute atomic E-state index is 11.9. The normalized spacial score (nSPS) is 10.1. The molecule has 3 amide bonds. The zero-order valence-corrected chi connectivity index (χ0v) is 12.1. The molecule has 0 spiro atoms. The van der Waals surface area contributed by atoms with Gasteiger partial charge in [-0.3, -0.25) is 25.2 Å². The van der Waals surface area contributed by atoms with Crippen molar-refractivity contribution in [1.82, 2.24) is 10.9 Å².